The van der Waals surface area contributed by atoms with Gasteiger partial charge in [0.25, 0.3) is 0 Å². The Balaban J connectivity index is 1.86. The second-order valence-corrected chi connectivity index (χ2v) is 10.4. The van der Waals surface area contributed by atoms with Crippen molar-refractivity contribution in [3.05, 3.63) is 64.4 Å². The number of thiocarbonyl (C=S) groups is 1. The standard InChI is InChI=1S/C25H31ClN4S/c1-15(2)14-30-23(22(28-24(30)31)20-9-7-8-10-27-20)18-11-17-16(3)13-25(4,5)29(6)21(17)12-19(18)26/h7-13,15,22-23H,14H2,1-6H3,(H,28,31)/t22-,23+/m0/s1. The molecule has 2 aromatic rings. The van der Waals surface area contributed by atoms with Crippen LogP contribution < -0.4 is 10.2 Å². The fourth-order valence-electron chi connectivity index (χ4n) is 4.75. The summed E-state index contributed by atoms with van der Waals surface area (Å²) in [6.07, 6.45) is 4.16. The first-order chi connectivity index (χ1) is 14.6. The molecular weight excluding hydrogens is 424 g/mol. The average Bonchev–Trinajstić information content (AvgIpc) is 3.02. The van der Waals surface area contributed by atoms with Crippen molar-refractivity contribution in [2.75, 3.05) is 18.5 Å². The third-order valence-electron chi connectivity index (χ3n) is 6.41. The van der Waals surface area contributed by atoms with E-state index in [4.69, 9.17) is 23.8 Å². The van der Waals surface area contributed by atoms with Crippen LogP contribution in [-0.2, 0) is 0 Å². The first kappa shape index (κ1) is 22.1. The minimum atomic E-state index is -0.0570. The van der Waals surface area contributed by atoms with Gasteiger partial charge in [0.2, 0.25) is 0 Å². The van der Waals surface area contributed by atoms with E-state index in [1.165, 1.54) is 11.1 Å². The quantitative estimate of drug-likeness (QED) is 0.573. The Morgan fingerprint density at radius 2 is 2.00 bits per heavy atom. The summed E-state index contributed by atoms with van der Waals surface area (Å²) in [4.78, 5) is 9.21. The topological polar surface area (TPSA) is 31.4 Å². The number of hydrogen-bond acceptors (Lipinski definition) is 3. The van der Waals surface area contributed by atoms with Gasteiger partial charge in [0.15, 0.2) is 5.11 Å². The lowest BCUT2D eigenvalue weighted by molar-refractivity contribution is 0.288. The molecule has 0 amide bonds. The van der Waals surface area contributed by atoms with E-state index in [2.05, 4.69) is 86.0 Å². The normalized spacial score (nSPS) is 22.5. The summed E-state index contributed by atoms with van der Waals surface area (Å²) in [7, 11) is 2.13. The van der Waals surface area contributed by atoms with Gasteiger partial charge < -0.3 is 15.1 Å². The summed E-state index contributed by atoms with van der Waals surface area (Å²) in [6.45, 7) is 11.9. The van der Waals surface area contributed by atoms with E-state index in [9.17, 15) is 0 Å². The van der Waals surface area contributed by atoms with Crippen LogP contribution in [0.5, 0.6) is 0 Å². The molecule has 0 aliphatic carbocycles. The lowest BCUT2D eigenvalue weighted by atomic mass is 9.86. The monoisotopic (exact) mass is 454 g/mol. The van der Waals surface area contributed by atoms with Gasteiger partial charge in [0.1, 0.15) is 0 Å². The Kier molecular flexibility index (Phi) is 5.78. The Hall–Kier alpha value is -2.11. The minimum absolute atomic E-state index is 0.0179. The van der Waals surface area contributed by atoms with E-state index < -0.39 is 0 Å². The van der Waals surface area contributed by atoms with Crippen LogP contribution in [0.4, 0.5) is 5.69 Å². The predicted octanol–water partition coefficient (Wildman–Crippen LogP) is 6.00. The molecule has 1 N–H and O–H groups in total. The third-order valence-corrected chi connectivity index (χ3v) is 7.09. The summed E-state index contributed by atoms with van der Waals surface area (Å²) in [6, 6.07) is 10.3. The zero-order valence-electron chi connectivity index (χ0n) is 19.1. The fraction of sp³-hybridized carbons (Fsp3) is 0.440. The molecule has 0 saturated carbocycles. The van der Waals surface area contributed by atoms with Crippen LogP contribution in [0.15, 0.2) is 42.6 Å². The molecule has 3 heterocycles. The van der Waals surface area contributed by atoms with Crippen LogP contribution in [-0.4, -0.2) is 34.1 Å². The molecule has 4 nitrogen and oxygen atoms in total. The van der Waals surface area contributed by atoms with Gasteiger partial charge in [-0.05, 0) is 74.3 Å². The molecule has 1 fully saturated rings. The van der Waals surface area contributed by atoms with Crippen molar-refractivity contribution in [1.29, 1.82) is 0 Å². The van der Waals surface area contributed by atoms with Gasteiger partial charge >= 0.3 is 0 Å². The lowest BCUT2D eigenvalue weighted by Crippen LogP contribution is -2.42. The molecule has 2 aliphatic heterocycles. The van der Waals surface area contributed by atoms with Crippen molar-refractivity contribution < 1.29 is 0 Å². The maximum Gasteiger partial charge on any atom is 0.170 e. The lowest BCUT2D eigenvalue weighted by Gasteiger charge is -2.41. The molecule has 164 valence electrons. The molecule has 0 unspecified atom stereocenters. The zero-order chi connectivity index (χ0) is 22.5. The maximum atomic E-state index is 6.99. The molecule has 2 atom stereocenters. The number of pyridine rings is 1. The molecule has 1 aromatic carbocycles. The molecule has 4 rings (SSSR count). The largest absolute Gasteiger partial charge is 0.365 e. The second kappa shape index (κ2) is 8.10. The number of hydrogen-bond donors (Lipinski definition) is 1. The minimum Gasteiger partial charge on any atom is -0.365 e. The van der Waals surface area contributed by atoms with Crippen LogP contribution in [0.3, 0.4) is 0 Å². The Bertz CT molecular complexity index is 1030. The maximum absolute atomic E-state index is 6.99. The number of allylic oxidation sites excluding steroid dienone is 1. The fourth-order valence-corrected chi connectivity index (χ4v) is 5.33. The number of likely N-dealkylation sites (N-methyl/N-ethyl adjacent to an activating group) is 1. The van der Waals surface area contributed by atoms with Crippen LogP contribution in [0, 0.1) is 5.92 Å². The van der Waals surface area contributed by atoms with Gasteiger partial charge in [0, 0.05) is 36.1 Å². The molecule has 0 radical (unpaired) electrons. The first-order valence-electron chi connectivity index (χ1n) is 10.9. The van der Waals surface area contributed by atoms with Crippen LogP contribution >= 0.6 is 23.8 Å². The van der Waals surface area contributed by atoms with Gasteiger partial charge in [-0.2, -0.15) is 0 Å². The summed E-state index contributed by atoms with van der Waals surface area (Å²) in [5.74, 6) is 0.467. The second-order valence-electron chi connectivity index (χ2n) is 9.60. The highest BCUT2D eigenvalue weighted by Gasteiger charge is 2.41. The highest BCUT2D eigenvalue weighted by atomic mass is 35.5. The number of aromatic nitrogens is 1. The number of rotatable bonds is 4. The summed E-state index contributed by atoms with van der Waals surface area (Å²) in [5.41, 5.74) is 5.67. The van der Waals surface area contributed by atoms with Gasteiger partial charge in [-0.25, -0.2) is 0 Å². The van der Waals surface area contributed by atoms with Crippen molar-refractivity contribution in [2.45, 2.75) is 52.2 Å². The van der Waals surface area contributed by atoms with E-state index in [0.717, 1.165) is 33.6 Å². The van der Waals surface area contributed by atoms with Crippen LogP contribution in [0.25, 0.3) is 5.57 Å². The highest BCUT2D eigenvalue weighted by Crippen LogP contribution is 2.46. The first-order valence-corrected chi connectivity index (χ1v) is 11.6. The Morgan fingerprint density at radius 1 is 1.26 bits per heavy atom. The SMILES string of the molecule is CC1=CC(C)(C)N(C)c2cc(Cl)c([C@@H]3[C@H](c4ccccn4)NC(=S)N3CC(C)C)cc21. The van der Waals surface area contributed by atoms with E-state index >= 15 is 0 Å². The van der Waals surface area contributed by atoms with E-state index in [-0.39, 0.29) is 17.6 Å². The van der Waals surface area contributed by atoms with E-state index in [0.29, 0.717) is 5.92 Å². The van der Waals surface area contributed by atoms with Crippen molar-refractivity contribution >= 4 is 40.2 Å². The summed E-state index contributed by atoms with van der Waals surface area (Å²) in [5, 5.41) is 5.05. The average molecular weight is 455 g/mol. The summed E-state index contributed by atoms with van der Waals surface area (Å²) < 4.78 is 0. The Morgan fingerprint density at radius 3 is 2.65 bits per heavy atom. The van der Waals surface area contributed by atoms with Crippen molar-refractivity contribution in [3.63, 3.8) is 0 Å². The molecule has 0 spiro atoms. The molecule has 2 aliphatic rings. The van der Waals surface area contributed by atoms with Gasteiger partial charge in [-0.15, -0.1) is 0 Å². The van der Waals surface area contributed by atoms with E-state index in [1.54, 1.807) is 0 Å². The van der Waals surface area contributed by atoms with Crippen LogP contribution in [0.1, 0.15) is 63.5 Å². The highest BCUT2D eigenvalue weighted by molar-refractivity contribution is 7.80. The van der Waals surface area contributed by atoms with Crippen LogP contribution in [0.2, 0.25) is 5.02 Å². The number of nitrogens with one attached hydrogen (secondary N) is 1. The van der Waals surface area contributed by atoms with Crippen molar-refractivity contribution in [2.24, 2.45) is 5.92 Å². The van der Waals surface area contributed by atoms with Crippen molar-refractivity contribution in [1.82, 2.24) is 15.2 Å². The van der Waals surface area contributed by atoms with E-state index in [1.807, 2.05) is 18.3 Å². The number of benzene rings is 1. The molecule has 1 aromatic heterocycles. The predicted molar refractivity (Wildman–Crippen MR) is 135 cm³/mol. The number of nitrogens with zero attached hydrogens (tertiary/aromatic N) is 3. The molecular formula is C25H31ClN4S. The Labute approximate surface area is 196 Å². The smallest absolute Gasteiger partial charge is 0.170 e. The van der Waals surface area contributed by atoms with Gasteiger partial charge in [0.05, 0.1) is 23.3 Å². The molecule has 6 heteroatoms. The van der Waals surface area contributed by atoms with Crippen molar-refractivity contribution in [3.8, 4) is 0 Å². The summed E-state index contributed by atoms with van der Waals surface area (Å²) >= 11 is 12.8. The van der Waals surface area contributed by atoms with Gasteiger partial charge in [-0.3, -0.25) is 4.98 Å². The third kappa shape index (κ3) is 3.94. The number of anilines is 1. The molecule has 31 heavy (non-hydrogen) atoms. The molecule has 1 saturated heterocycles. The molecule has 0 bridgehead atoms. The number of halogens is 1. The van der Waals surface area contributed by atoms with Gasteiger partial charge in [-0.1, -0.05) is 37.6 Å². The zero-order valence-corrected chi connectivity index (χ0v) is 20.7. The number of fused-ring (bicyclic) bond motifs is 1.